The summed E-state index contributed by atoms with van der Waals surface area (Å²) >= 11 is 0. The van der Waals surface area contributed by atoms with Gasteiger partial charge in [0.05, 0.1) is 11.9 Å². The molecule has 5 heteroatoms. The van der Waals surface area contributed by atoms with Crippen LogP contribution in [0.15, 0.2) is 17.1 Å². The standard InChI is InChI=1S/C13H24N4O/c1-4-16(5-2)8-7-9-17(6-3)12-10-13(18)15-14-11-12/h10-11H,4-9H2,1-3H3,(H,15,18). The lowest BCUT2D eigenvalue weighted by Gasteiger charge is -2.24. The van der Waals surface area contributed by atoms with Gasteiger partial charge in [-0.15, -0.1) is 0 Å². The average molecular weight is 252 g/mol. The number of anilines is 1. The van der Waals surface area contributed by atoms with Crippen molar-refractivity contribution in [3.63, 3.8) is 0 Å². The fraction of sp³-hybridized carbons (Fsp3) is 0.692. The Hall–Kier alpha value is -1.36. The Balaban J connectivity index is 2.50. The number of rotatable bonds is 8. The number of hydrogen-bond donors (Lipinski definition) is 1. The molecule has 0 bridgehead atoms. The minimum Gasteiger partial charge on any atom is -0.370 e. The van der Waals surface area contributed by atoms with Gasteiger partial charge in [-0.05, 0) is 33.0 Å². The molecule has 0 radical (unpaired) electrons. The molecule has 0 unspecified atom stereocenters. The lowest BCUT2D eigenvalue weighted by Crippen LogP contribution is -2.30. The Bertz CT molecular complexity index is 387. The van der Waals surface area contributed by atoms with Gasteiger partial charge >= 0.3 is 0 Å². The average Bonchev–Trinajstić information content (AvgIpc) is 2.39. The predicted molar refractivity (Wildman–Crippen MR) is 75.1 cm³/mol. The maximum atomic E-state index is 11.2. The summed E-state index contributed by atoms with van der Waals surface area (Å²) in [5, 5.41) is 6.24. The van der Waals surface area contributed by atoms with Crippen LogP contribution in [-0.4, -0.2) is 47.8 Å². The first-order chi connectivity index (χ1) is 8.71. The lowest BCUT2D eigenvalue weighted by molar-refractivity contribution is 0.300. The maximum Gasteiger partial charge on any atom is 0.266 e. The van der Waals surface area contributed by atoms with E-state index >= 15 is 0 Å². The first kappa shape index (κ1) is 14.7. The topological polar surface area (TPSA) is 52.2 Å². The third kappa shape index (κ3) is 4.49. The van der Waals surface area contributed by atoms with Crippen molar-refractivity contribution < 1.29 is 0 Å². The van der Waals surface area contributed by atoms with Crippen LogP contribution in [0.25, 0.3) is 0 Å². The van der Waals surface area contributed by atoms with E-state index in [2.05, 4.69) is 40.8 Å². The molecule has 1 aromatic rings. The van der Waals surface area contributed by atoms with Crippen LogP contribution in [0.3, 0.4) is 0 Å². The third-order valence-electron chi connectivity index (χ3n) is 3.19. The zero-order valence-electron chi connectivity index (χ0n) is 11.6. The highest BCUT2D eigenvalue weighted by Gasteiger charge is 2.06. The molecule has 18 heavy (non-hydrogen) atoms. The molecule has 0 saturated carbocycles. The first-order valence-electron chi connectivity index (χ1n) is 6.73. The van der Waals surface area contributed by atoms with Gasteiger partial charge in [0.25, 0.3) is 5.56 Å². The molecule has 0 fully saturated rings. The van der Waals surface area contributed by atoms with Crippen LogP contribution < -0.4 is 10.5 Å². The number of aromatic nitrogens is 2. The van der Waals surface area contributed by atoms with Gasteiger partial charge in [0.2, 0.25) is 0 Å². The molecule has 0 aromatic carbocycles. The molecular weight excluding hydrogens is 228 g/mol. The molecule has 0 spiro atoms. The molecule has 0 saturated heterocycles. The van der Waals surface area contributed by atoms with Crippen molar-refractivity contribution in [3.8, 4) is 0 Å². The molecule has 102 valence electrons. The van der Waals surface area contributed by atoms with Gasteiger partial charge in [0, 0.05) is 19.2 Å². The number of H-pyrrole nitrogens is 1. The summed E-state index contributed by atoms with van der Waals surface area (Å²) in [4.78, 5) is 15.8. The van der Waals surface area contributed by atoms with Crippen molar-refractivity contribution in [1.82, 2.24) is 15.1 Å². The number of nitrogens with zero attached hydrogens (tertiary/aromatic N) is 3. The lowest BCUT2D eigenvalue weighted by atomic mass is 10.3. The summed E-state index contributed by atoms with van der Waals surface area (Å²) in [5.74, 6) is 0. The highest BCUT2D eigenvalue weighted by Crippen LogP contribution is 2.09. The smallest absolute Gasteiger partial charge is 0.266 e. The third-order valence-corrected chi connectivity index (χ3v) is 3.19. The van der Waals surface area contributed by atoms with Gasteiger partial charge in [-0.2, -0.15) is 5.10 Å². The van der Waals surface area contributed by atoms with Crippen LogP contribution in [0.1, 0.15) is 27.2 Å². The second-order valence-corrected chi connectivity index (χ2v) is 4.26. The minimum atomic E-state index is -0.144. The van der Waals surface area contributed by atoms with Crippen LogP contribution in [0.5, 0.6) is 0 Å². The molecule has 0 aliphatic carbocycles. The zero-order chi connectivity index (χ0) is 13.4. The van der Waals surface area contributed by atoms with E-state index in [0.29, 0.717) is 0 Å². The van der Waals surface area contributed by atoms with Crippen molar-refractivity contribution >= 4 is 5.69 Å². The molecule has 0 amide bonds. The normalized spacial score (nSPS) is 10.9. The number of nitrogens with one attached hydrogen (secondary N) is 1. The molecule has 0 aliphatic heterocycles. The maximum absolute atomic E-state index is 11.2. The highest BCUT2D eigenvalue weighted by atomic mass is 16.1. The quantitative estimate of drug-likeness (QED) is 0.758. The fourth-order valence-corrected chi connectivity index (χ4v) is 2.03. The van der Waals surface area contributed by atoms with E-state index < -0.39 is 0 Å². The van der Waals surface area contributed by atoms with E-state index in [0.717, 1.165) is 44.8 Å². The minimum absolute atomic E-state index is 0.144. The second-order valence-electron chi connectivity index (χ2n) is 4.26. The monoisotopic (exact) mass is 252 g/mol. The van der Waals surface area contributed by atoms with E-state index in [4.69, 9.17) is 0 Å². The van der Waals surface area contributed by atoms with E-state index in [9.17, 15) is 4.79 Å². The second kappa shape index (κ2) is 7.87. The molecule has 1 N–H and O–H groups in total. The molecule has 1 heterocycles. The van der Waals surface area contributed by atoms with Crippen LogP contribution in [0.4, 0.5) is 5.69 Å². The van der Waals surface area contributed by atoms with E-state index in [-0.39, 0.29) is 5.56 Å². The molecule has 5 nitrogen and oxygen atoms in total. The summed E-state index contributed by atoms with van der Waals surface area (Å²) in [5.41, 5.74) is 0.760. The Morgan fingerprint density at radius 2 is 1.89 bits per heavy atom. The SMILES string of the molecule is CCN(CC)CCCN(CC)c1cn[nH]c(=O)c1. The number of aromatic amines is 1. The van der Waals surface area contributed by atoms with Crippen molar-refractivity contribution in [2.75, 3.05) is 37.6 Å². The van der Waals surface area contributed by atoms with Crippen LogP contribution >= 0.6 is 0 Å². The van der Waals surface area contributed by atoms with Gasteiger partial charge in [-0.3, -0.25) is 4.79 Å². The van der Waals surface area contributed by atoms with E-state index in [1.807, 2.05) is 0 Å². The molecule has 1 rings (SSSR count). The first-order valence-corrected chi connectivity index (χ1v) is 6.73. The van der Waals surface area contributed by atoms with Crippen LogP contribution in [0.2, 0.25) is 0 Å². The zero-order valence-corrected chi connectivity index (χ0v) is 11.6. The molecule has 0 atom stereocenters. The van der Waals surface area contributed by atoms with Crippen molar-refractivity contribution in [1.29, 1.82) is 0 Å². The summed E-state index contributed by atoms with van der Waals surface area (Å²) in [6.07, 6.45) is 2.81. The Kier molecular flexibility index (Phi) is 6.43. The molecule has 0 aliphatic rings. The summed E-state index contributed by atoms with van der Waals surface area (Å²) < 4.78 is 0. The largest absolute Gasteiger partial charge is 0.370 e. The summed E-state index contributed by atoms with van der Waals surface area (Å²) in [6, 6.07) is 1.61. The fourth-order valence-electron chi connectivity index (χ4n) is 2.03. The Morgan fingerprint density at radius 1 is 1.17 bits per heavy atom. The predicted octanol–water partition coefficient (Wildman–Crippen LogP) is 1.33. The number of hydrogen-bond acceptors (Lipinski definition) is 4. The van der Waals surface area contributed by atoms with Gasteiger partial charge in [-0.1, -0.05) is 13.8 Å². The van der Waals surface area contributed by atoms with Crippen LogP contribution in [0, 0.1) is 0 Å². The van der Waals surface area contributed by atoms with Crippen molar-refractivity contribution in [2.45, 2.75) is 27.2 Å². The van der Waals surface area contributed by atoms with Crippen LogP contribution in [-0.2, 0) is 0 Å². The summed E-state index contributed by atoms with van der Waals surface area (Å²) in [7, 11) is 0. The molecular formula is C13H24N4O. The molecule has 1 aromatic heterocycles. The Labute approximate surface area is 109 Å². The van der Waals surface area contributed by atoms with Crippen molar-refractivity contribution in [2.24, 2.45) is 0 Å². The van der Waals surface area contributed by atoms with Gasteiger partial charge < -0.3 is 9.80 Å². The van der Waals surface area contributed by atoms with Gasteiger partial charge in [-0.25, -0.2) is 5.10 Å². The van der Waals surface area contributed by atoms with Gasteiger partial charge in [0.15, 0.2) is 0 Å². The van der Waals surface area contributed by atoms with E-state index in [1.165, 1.54) is 0 Å². The van der Waals surface area contributed by atoms with E-state index in [1.54, 1.807) is 12.3 Å². The van der Waals surface area contributed by atoms with Gasteiger partial charge in [0.1, 0.15) is 0 Å². The highest BCUT2D eigenvalue weighted by molar-refractivity contribution is 5.42. The van der Waals surface area contributed by atoms with Crippen molar-refractivity contribution in [3.05, 3.63) is 22.6 Å². The summed E-state index contributed by atoms with van der Waals surface area (Å²) in [6.45, 7) is 11.6. The Morgan fingerprint density at radius 3 is 2.44 bits per heavy atom.